The molecule has 0 aliphatic rings. The summed E-state index contributed by atoms with van der Waals surface area (Å²) in [5, 5.41) is 0. The van der Waals surface area contributed by atoms with Crippen LogP contribution in [0, 0.1) is 6.92 Å². The molecule has 0 fully saturated rings. The van der Waals surface area contributed by atoms with Crippen LogP contribution in [0.2, 0.25) is 0 Å². The molecule has 0 atom stereocenters. The van der Waals surface area contributed by atoms with Crippen molar-refractivity contribution in [1.29, 1.82) is 0 Å². The number of aromatic nitrogens is 2. The van der Waals surface area contributed by atoms with Gasteiger partial charge >= 0.3 is 6.68 Å². The van der Waals surface area contributed by atoms with E-state index in [4.69, 9.17) is 0 Å². The Bertz CT molecular complexity index is 256. The van der Waals surface area contributed by atoms with Gasteiger partial charge in [0, 0.05) is 6.92 Å². The summed E-state index contributed by atoms with van der Waals surface area (Å²) in [5.74, 6) is 1.32. The normalized spacial score (nSPS) is 9.93. The lowest BCUT2D eigenvalue weighted by atomic mass is 10.5. The third kappa shape index (κ3) is 4.89. The van der Waals surface area contributed by atoms with Crippen LogP contribution in [0.3, 0.4) is 0 Å². The predicted molar refractivity (Wildman–Crippen MR) is 47.7 cm³/mol. The molecule has 0 aromatic carbocycles. The van der Waals surface area contributed by atoms with Crippen molar-refractivity contribution in [2.45, 2.75) is 33.5 Å². The Morgan fingerprint density at radius 1 is 1.43 bits per heavy atom. The monoisotopic (exact) mass is 209 g/mol. The van der Waals surface area contributed by atoms with Gasteiger partial charge in [-0.25, -0.2) is 9.13 Å². The molecule has 0 aliphatic heterocycles. The van der Waals surface area contributed by atoms with Gasteiger partial charge in [0.05, 0.1) is 13.6 Å². The van der Waals surface area contributed by atoms with Crippen molar-refractivity contribution < 1.29 is 17.7 Å². The van der Waals surface area contributed by atoms with Crippen LogP contribution in [0.1, 0.15) is 19.2 Å². The summed E-state index contributed by atoms with van der Waals surface area (Å²) >= 11 is 0. The second kappa shape index (κ2) is 6.45. The molecule has 0 spiro atoms. The highest BCUT2D eigenvalue weighted by atomic mass is 19.4. The zero-order valence-electron chi connectivity index (χ0n) is 8.67. The summed E-state index contributed by atoms with van der Waals surface area (Å²) in [6, 6.07) is 0. The second-order valence-electron chi connectivity index (χ2n) is 2.90. The fourth-order valence-electron chi connectivity index (χ4n) is 1.08. The summed E-state index contributed by atoms with van der Waals surface area (Å²) < 4.78 is 33.4. The van der Waals surface area contributed by atoms with Crippen molar-refractivity contribution in [3.63, 3.8) is 0 Å². The zero-order chi connectivity index (χ0) is 11.1. The Hall–Kier alpha value is -1.00. The molecule has 1 aromatic heterocycles. The molecular weight excluding hydrogens is 193 g/mol. The SMILES string of the molecule is CCCn1cc[n+](C)c1C.FC(F)F. The first-order valence-corrected chi connectivity index (χ1v) is 4.42. The highest BCUT2D eigenvalue weighted by Gasteiger charge is 2.05. The Morgan fingerprint density at radius 3 is 2.21 bits per heavy atom. The first-order chi connectivity index (χ1) is 6.49. The van der Waals surface area contributed by atoms with E-state index in [-0.39, 0.29) is 0 Å². The van der Waals surface area contributed by atoms with Gasteiger partial charge in [0.15, 0.2) is 0 Å². The van der Waals surface area contributed by atoms with E-state index in [1.54, 1.807) is 0 Å². The van der Waals surface area contributed by atoms with Gasteiger partial charge in [-0.05, 0) is 6.42 Å². The minimum absolute atomic E-state index is 1.13. The Morgan fingerprint density at radius 2 is 1.93 bits per heavy atom. The third-order valence-electron chi connectivity index (χ3n) is 1.86. The van der Waals surface area contributed by atoms with Gasteiger partial charge in [0.1, 0.15) is 12.4 Å². The highest BCUT2D eigenvalue weighted by molar-refractivity contribution is 4.78. The summed E-state index contributed by atoms with van der Waals surface area (Å²) in [6.45, 7) is 1.79. The van der Waals surface area contributed by atoms with Gasteiger partial charge in [0.25, 0.3) is 5.82 Å². The number of nitrogens with zero attached hydrogens (tertiary/aromatic N) is 2. The third-order valence-corrected chi connectivity index (χ3v) is 1.86. The van der Waals surface area contributed by atoms with Crippen molar-refractivity contribution >= 4 is 0 Å². The van der Waals surface area contributed by atoms with Crippen LogP contribution in [0.15, 0.2) is 12.4 Å². The Kier molecular flexibility index (Phi) is 5.99. The fourth-order valence-corrected chi connectivity index (χ4v) is 1.08. The number of aryl methyl sites for hydroxylation is 2. The lowest BCUT2D eigenvalue weighted by molar-refractivity contribution is -0.677. The van der Waals surface area contributed by atoms with Crippen LogP contribution in [-0.4, -0.2) is 11.2 Å². The van der Waals surface area contributed by atoms with E-state index >= 15 is 0 Å². The molecular formula is C9H16F3N2+. The second-order valence-corrected chi connectivity index (χ2v) is 2.90. The van der Waals surface area contributed by atoms with Crippen molar-refractivity contribution in [1.82, 2.24) is 4.57 Å². The van der Waals surface area contributed by atoms with E-state index < -0.39 is 6.68 Å². The minimum Gasteiger partial charge on any atom is -0.237 e. The topological polar surface area (TPSA) is 8.81 Å². The summed E-state index contributed by atoms with van der Waals surface area (Å²) in [4.78, 5) is 0. The number of imidazole rings is 1. The van der Waals surface area contributed by atoms with Crippen LogP contribution >= 0.6 is 0 Å². The molecule has 2 nitrogen and oxygen atoms in total. The minimum atomic E-state index is -3.67. The number of rotatable bonds is 2. The van der Waals surface area contributed by atoms with Crippen molar-refractivity contribution in [3.05, 3.63) is 18.2 Å². The van der Waals surface area contributed by atoms with Crippen LogP contribution in [0.25, 0.3) is 0 Å². The quantitative estimate of drug-likeness (QED) is 0.660. The summed E-state index contributed by atoms with van der Waals surface area (Å²) in [6.07, 6.45) is 5.42. The first kappa shape index (κ1) is 13.0. The standard InChI is InChI=1S/C8H15N2.CHF3/c1-4-5-10-7-6-9(3)8(10)2;2-1(3)4/h6-7H,4-5H2,1-3H3;1H/q+1;. The highest BCUT2D eigenvalue weighted by Crippen LogP contribution is 1.93. The molecule has 1 rings (SSSR count). The molecule has 1 aromatic rings. The van der Waals surface area contributed by atoms with Crippen molar-refractivity contribution in [2.24, 2.45) is 7.05 Å². The largest absolute Gasteiger partial charge is 0.379 e. The number of halogens is 3. The van der Waals surface area contributed by atoms with E-state index in [0.29, 0.717) is 0 Å². The summed E-state index contributed by atoms with van der Waals surface area (Å²) in [7, 11) is 2.07. The van der Waals surface area contributed by atoms with Gasteiger partial charge in [-0.2, -0.15) is 13.2 Å². The number of hydrogen-bond donors (Lipinski definition) is 0. The average molecular weight is 209 g/mol. The van der Waals surface area contributed by atoms with E-state index in [1.807, 2.05) is 0 Å². The van der Waals surface area contributed by atoms with Gasteiger partial charge in [-0.3, -0.25) is 0 Å². The molecule has 0 unspecified atom stereocenters. The lowest BCUT2D eigenvalue weighted by Crippen LogP contribution is -2.29. The molecule has 1 heterocycles. The molecule has 0 bridgehead atoms. The van der Waals surface area contributed by atoms with Crippen LogP contribution in [0.5, 0.6) is 0 Å². The number of alkyl halides is 3. The molecule has 0 radical (unpaired) electrons. The van der Waals surface area contributed by atoms with Crippen molar-refractivity contribution in [2.75, 3.05) is 0 Å². The predicted octanol–water partition coefficient (Wildman–Crippen LogP) is 2.21. The molecule has 5 heteroatoms. The van der Waals surface area contributed by atoms with Gasteiger partial charge in [0.2, 0.25) is 0 Å². The maximum atomic E-state index is 9.67. The zero-order valence-corrected chi connectivity index (χ0v) is 8.67. The molecule has 0 saturated heterocycles. The average Bonchev–Trinajstić information content (AvgIpc) is 2.36. The molecule has 0 aliphatic carbocycles. The van der Waals surface area contributed by atoms with Crippen molar-refractivity contribution in [3.8, 4) is 0 Å². The lowest BCUT2D eigenvalue weighted by Gasteiger charge is -1.93. The first-order valence-electron chi connectivity index (χ1n) is 4.42. The fraction of sp³-hybridized carbons (Fsp3) is 0.667. The smallest absolute Gasteiger partial charge is 0.237 e. The molecule has 14 heavy (non-hydrogen) atoms. The Labute approximate surface area is 82.0 Å². The maximum absolute atomic E-state index is 9.67. The molecule has 0 N–H and O–H groups in total. The van der Waals surface area contributed by atoms with Gasteiger partial charge in [-0.1, -0.05) is 6.92 Å². The maximum Gasteiger partial charge on any atom is 0.379 e. The van der Waals surface area contributed by atoms with Gasteiger partial charge in [-0.15, -0.1) is 0 Å². The van der Waals surface area contributed by atoms with Crippen LogP contribution in [-0.2, 0) is 13.6 Å². The van der Waals surface area contributed by atoms with Crippen LogP contribution in [0.4, 0.5) is 13.2 Å². The van der Waals surface area contributed by atoms with Crippen LogP contribution < -0.4 is 4.57 Å². The number of hydrogen-bond acceptors (Lipinski definition) is 0. The molecule has 82 valence electrons. The summed E-state index contributed by atoms with van der Waals surface area (Å²) in [5.41, 5.74) is 0. The van der Waals surface area contributed by atoms with E-state index in [2.05, 4.69) is 42.4 Å². The molecule has 0 saturated carbocycles. The molecule has 0 amide bonds. The Balaban J connectivity index is 0.000000364. The van der Waals surface area contributed by atoms with E-state index in [9.17, 15) is 13.2 Å². The van der Waals surface area contributed by atoms with E-state index in [1.165, 1.54) is 12.2 Å². The van der Waals surface area contributed by atoms with Gasteiger partial charge < -0.3 is 0 Å². The van der Waals surface area contributed by atoms with E-state index in [0.717, 1.165) is 6.54 Å².